The Labute approximate surface area is 123 Å². The molecule has 8 heteroatoms. The number of hydrogen-bond acceptors (Lipinski definition) is 7. The first-order valence-corrected chi connectivity index (χ1v) is 6.22. The molecule has 0 unspecified atom stereocenters. The molecule has 7 nitrogen and oxygen atoms in total. The van der Waals surface area contributed by atoms with Gasteiger partial charge in [-0.05, 0) is 28.1 Å². The summed E-state index contributed by atoms with van der Waals surface area (Å²) in [6.07, 6.45) is 1.31. The van der Waals surface area contributed by atoms with Crippen LogP contribution in [0, 0.1) is 11.3 Å². The lowest BCUT2D eigenvalue weighted by Crippen LogP contribution is -2.10. The minimum atomic E-state index is 0.274. The van der Waals surface area contributed by atoms with E-state index in [2.05, 4.69) is 31.3 Å². The third-order valence-corrected chi connectivity index (χ3v) is 3.11. The SMILES string of the molecule is COc1cc(C#N)ccc1Oc1ncnc(NN)c1Br. The van der Waals surface area contributed by atoms with E-state index in [1.54, 1.807) is 18.2 Å². The fraction of sp³-hybridized carbons (Fsp3) is 0.0833. The number of nitrogen functional groups attached to an aromatic ring is 1. The van der Waals surface area contributed by atoms with Gasteiger partial charge in [0.05, 0.1) is 18.7 Å². The minimum Gasteiger partial charge on any atom is -0.493 e. The summed E-state index contributed by atoms with van der Waals surface area (Å²) in [7, 11) is 1.49. The van der Waals surface area contributed by atoms with Gasteiger partial charge in [0.1, 0.15) is 10.8 Å². The van der Waals surface area contributed by atoms with Gasteiger partial charge in [-0.2, -0.15) is 5.26 Å². The molecule has 102 valence electrons. The zero-order valence-electron chi connectivity index (χ0n) is 10.4. The molecule has 1 heterocycles. The van der Waals surface area contributed by atoms with E-state index in [-0.39, 0.29) is 5.88 Å². The Hall–Kier alpha value is -2.37. The van der Waals surface area contributed by atoms with Crippen molar-refractivity contribution >= 4 is 21.7 Å². The van der Waals surface area contributed by atoms with E-state index in [9.17, 15) is 0 Å². The number of hydrogen-bond donors (Lipinski definition) is 2. The largest absolute Gasteiger partial charge is 0.493 e. The first-order chi connectivity index (χ1) is 9.69. The van der Waals surface area contributed by atoms with Crippen molar-refractivity contribution in [1.29, 1.82) is 5.26 Å². The summed E-state index contributed by atoms with van der Waals surface area (Å²) in [5.74, 6) is 6.84. The molecule has 0 bridgehead atoms. The number of hydrazine groups is 1. The number of nitrogens with zero attached hydrogens (tertiary/aromatic N) is 3. The number of anilines is 1. The second-order valence-corrected chi connectivity index (χ2v) is 4.36. The van der Waals surface area contributed by atoms with Crippen LogP contribution in [0.15, 0.2) is 29.0 Å². The molecule has 1 aromatic heterocycles. The van der Waals surface area contributed by atoms with Crippen molar-refractivity contribution in [2.45, 2.75) is 0 Å². The Kier molecular flexibility index (Phi) is 4.34. The highest BCUT2D eigenvalue weighted by atomic mass is 79.9. The van der Waals surface area contributed by atoms with Crippen LogP contribution in [-0.4, -0.2) is 17.1 Å². The van der Waals surface area contributed by atoms with Gasteiger partial charge in [-0.25, -0.2) is 15.8 Å². The number of methoxy groups -OCH3 is 1. The fourth-order valence-electron chi connectivity index (χ4n) is 1.45. The molecular weight excluding hydrogens is 326 g/mol. The molecule has 0 radical (unpaired) electrons. The highest BCUT2D eigenvalue weighted by Gasteiger charge is 2.13. The molecule has 0 saturated carbocycles. The molecule has 0 aliphatic rings. The summed E-state index contributed by atoms with van der Waals surface area (Å²) >= 11 is 3.29. The van der Waals surface area contributed by atoms with Crippen LogP contribution in [0.4, 0.5) is 5.82 Å². The molecule has 3 N–H and O–H groups in total. The lowest BCUT2D eigenvalue weighted by Gasteiger charge is -2.11. The van der Waals surface area contributed by atoms with Crippen LogP contribution >= 0.6 is 15.9 Å². The van der Waals surface area contributed by atoms with Gasteiger partial charge >= 0.3 is 0 Å². The maximum absolute atomic E-state index is 8.85. The molecule has 0 spiro atoms. The number of halogens is 1. The lowest BCUT2D eigenvalue weighted by atomic mass is 10.2. The molecule has 0 aliphatic heterocycles. The van der Waals surface area contributed by atoms with Crippen molar-refractivity contribution in [1.82, 2.24) is 9.97 Å². The second-order valence-electron chi connectivity index (χ2n) is 3.57. The average Bonchev–Trinajstić information content (AvgIpc) is 2.49. The van der Waals surface area contributed by atoms with Crippen LogP contribution in [0.5, 0.6) is 17.4 Å². The van der Waals surface area contributed by atoms with Crippen molar-refractivity contribution < 1.29 is 9.47 Å². The molecule has 0 aliphatic carbocycles. The lowest BCUT2D eigenvalue weighted by molar-refractivity contribution is 0.373. The summed E-state index contributed by atoms with van der Waals surface area (Å²) in [5, 5.41) is 8.85. The second kappa shape index (κ2) is 6.18. The van der Waals surface area contributed by atoms with E-state index in [1.165, 1.54) is 13.4 Å². The number of ether oxygens (including phenoxy) is 2. The predicted molar refractivity (Wildman–Crippen MR) is 75.3 cm³/mol. The highest BCUT2D eigenvalue weighted by molar-refractivity contribution is 9.10. The molecule has 20 heavy (non-hydrogen) atoms. The van der Waals surface area contributed by atoms with Gasteiger partial charge in [0.25, 0.3) is 0 Å². The van der Waals surface area contributed by atoms with E-state index >= 15 is 0 Å². The zero-order chi connectivity index (χ0) is 14.5. The van der Waals surface area contributed by atoms with Crippen LogP contribution in [-0.2, 0) is 0 Å². The van der Waals surface area contributed by atoms with Crippen molar-refractivity contribution in [3.05, 3.63) is 34.6 Å². The molecule has 0 fully saturated rings. The average molecular weight is 336 g/mol. The molecular formula is C12H10BrN5O2. The summed E-state index contributed by atoms with van der Waals surface area (Å²) in [6.45, 7) is 0. The number of rotatable bonds is 4. The standard InChI is InChI=1S/C12H10BrN5O2/c1-19-9-4-7(5-14)2-3-8(9)20-12-10(13)11(18-15)16-6-17-12/h2-4,6H,15H2,1H3,(H,16,17,18). The van der Waals surface area contributed by atoms with Gasteiger partial charge in [-0.1, -0.05) is 0 Å². The number of nitriles is 1. The Balaban J connectivity index is 2.38. The van der Waals surface area contributed by atoms with Crippen LogP contribution in [0.2, 0.25) is 0 Å². The molecule has 0 saturated heterocycles. The van der Waals surface area contributed by atoms with Gasteiger partial charge in [-0.3, -0.25) is 0 Å². The summed E-state index contributed by atoms with van der Waals surface area (Å²) in [6, 6.07) is 6.85. The van der Waals surface area contributed by atoms with Crippen molar-refractivity contribution in [3.8, 4) is 23.4 Å². The first kappa shape index (κ1) is 14.0. The van der Waals surface area contributed by atoms with Crippen molar-refractivity contribution in [3.63, 3.8) is 0 Å². The quantitative estimate of drug-likeness (QED) is 0.651. The van der Waals surface area contributed by atoms with Gasteiger partial charge in [0, 0.05) is 6.07 Å². The Bertz CT molecular complexity index is 671. The summed E-state index contributed by atoms with van der Waals surface area (Å²) < 4.78 is 11.3. The van der Waals surface area contributed by atoms with E-state index < -0.39 is 0 Å². The third-order valence-electron chi connectivity index (χ3n) is 2.39. The van der Waals surface area contributed by atoms with Crippen LogP contribution in [0.3, 0.4) is 0 Å². The number of nitrogens with two attached hydrogens (primary N) is 1. The van der Waals surface area contributed by atoms with E-state index in [0.29, 0.717) is 27.4 Å². The van der Waals surface area contributed by atoms with Crippen molar-refractivity contribution in [2.24, 2.45) is 5.84 Å². The van der Waals surface area contributed by atoms with Crippen LogP contribution in [0.25, 0.3) is 0 Å². The summed E-state index contributed by atoms with van der Waals surface area (Å²) in [4.78, 5) is 7.92. The van der Waals surface area contributed by atoms with E-state index in [1.807, 2.05) is 6.07 Å². The maximum Gasteiger partial charge on any atom is 0.239 e. The number of aromatic nitrogens is 2. The monoisotopic (exact) mass is 335 g/mol. The molecule has 0 amide bonds. The third kappa shape index (κ3) is 2.79. The van der Waals surface area contributed by atoms with Gasteiger partial charge in [-0.15, -0.1) is 0 Å². The zero-order valence-corrected chi connectivity index (χ0v) is 12.0. The van der Waals surface area contributed by atoms with Crippen LogP contribution in [0.1, 0.15) is 5.56 Å². The number of nitrogens with one attached hydrogen (secondary N) is 1. The topological polar surface area (TPSA) is 106 Å². The first-order valence-electron chi connectivity index (χ1n) is 5.42. The fourth-order valence-corrected chi connectivity index (χ4v) is 1.85. The molecule has 2 rings (SSSR count). The van der Waals surface area contributed by atoms with E-state index in [4.69, 9.17) is 20.6 Å². The number of benzene rings is 1. The van der Waals surface area contributed by atoms with Gasteiger partial charge < -0.3 is 14.9 Å². The molecule has 0 atom stereocenters. The maximum atomic E-state index is 8.85. The normalized spacial score (nSPS) is 9.70. The van der Waals surface area contributed by atoms with Gasteiger partial charge in [0.15, 0.2) is 17.3 Å². The Morgan fingerprint density at radius 1 is 1.35 bits per heavy atom. The minimum absolute atomic E-state index is 0.274. The van der Waals surface area contributed by atoms with Crippen LogP contribution < -0.4 is 20.7 Å². The van der Waals surface area contributed by atoms with Crippen molar-refractivity contribution in [2.75, 3.05) is 12.5 Å². The van der Waals surface area contributed by atoms with Gasteiger partial charge in [0.2, 0.25) is 5.88 Å². The smallest absolute Gasteiger partial charge is 0.239 e. The Morgan fingerprint density at radius 3 is 2.80 bits per heavy atom. The molecule has 1 aromatic carbocycles. The molecule has 2 aromatic rings. The summed E-state index contributed by atoms with van der Waals surface area (Å²) in [5.41, 5.74) is 2.89. The Morgan fingerprint density at radius 2 is 2.15 bits per heavy atom. The predicted octanol–water partition coefficient (Wildman–Crippen LogP) is 2.20. The van der Waals surface area contributed by atoms with E-state index in [0.717, 1.165) is 0 Å². The highest BCUT2D eigenvalue weighted by Crippen LogP contribution is 2.36.